The fraction of sp³-hybridized carbons (Fsp3) is 0.409. The second-order valence-electron chi connectivity index (χ2n) is 7.79. The number of halogens is 1. The van der Waals surface area contributed by atoms with Gasteiger partial charge in [-0.2, -0.15) is 4.31 Å². The van der Waals surface area contributed by atoms with E-state index in [2.05, 4.69) is 5.32 Å². The molecule has 1 aliphatic carbocycles. The Morgan fingerprint density at radius 1 is 1.16 bits per heavy atom. The first-order valence-electron chi connectivity index (χ1n) is 10.1. The van der Waals surface area contributed by atoms with E-state index < -0.39 is 15.8 Å². The highest BCUT2D eigenvalue weighted by atomic mass is 32.2. The topological polar surface area (TPSA) is 79.0 Å². The summed E-state index contributed by atoms with van der Waals surface area (Å²) in [7, 11) is 1.35. The molecule has 0 heterocycles. The molecule has 1 aliphatic rings. The molecule has 0 bridgehead atoms. The van der Waals surface area contributed by atoms with Crippen LogP contribution in [0.25, 0.3) is 0 Å². The maximum absolute atomic E-state index is 13.3. The fourth-order valence-electron chi connectivity index (χ4n) is 3.24. The molecular formula is C22H28FN3O4S. The van der Waals surface area contributed by atoms with Crippen molar-refractivity contribution in [3.63, 3.8) is 0 Å². The Labute approximate surface area is 182 Å². The van der Waals surface area contributed by atoms with Crippen LogP contribution in [0, 0.1) is 11.7 Å². The van der Waals surface area contributed by atoms with E-state index >= 15 is 0 Å². The number of carbonyl (C=O) groups is 1. The molecular weight excluding hydrogens is 421 g/mol. The Bertz CT molecular complexity index is 1020. The van der Waals surface area contributed by atoms with E-state index in [0.717, 1.165) is 36.2 Å². The first kappa shape index (κ1) is 23.2. The predicted octanol–water partition coefficient (Wildman–Crippen LogP) is 3.08. The number of hydrogen-bond donors (Lipinski definition) is 1. The van der Waals surface area contributed by atoms with Gasteiger partial charge in [0.1, 0.15) is 5.82 Å². The summed E-state index contributed by atoms with van der Waals surface area (Å²) >= 11 is 0. The molecule has 2 aromatic carbocycles. The number of hydrogen-bond acceptors (Lipinski definition) is 5. The van der Waals surface area contributed by atoms with Gasteiger partial charge in [0.15, 0.2) is 0 Å². The summed E-state index contributed by atoms with van der Waals surface area (Å²) in [6, 6.07) is 10.2. The number of amides is 1. The largest absolute Gasteiger partial charge is 0.383 e. The molecule has 31 heavy (non-hydrogen) atoms. The SMILES string of the molecule is COCCN(Cc1cc(NC(=O)C2CC2)ccc1N(C)C)S(=O)(=O)c1ccc(F)cc1. The number of sulfonamides is 1. The zero-order chi connectivity index (χ0) is 22.6. The molecule has 1 saturated carbocycles. The van der Waals surface area contributed by atoms with Gasteiger partial charge in [-0.15, -0.1) is 0 Å². The average Bonchev–Trinajstić information content (AvgIpc) is 3.56. The lowest BCUT2D eigenvalue weighted by molar-refractivity contribution is -0.117. The molecule has 1 N–H and O–H groups in total. The third-order valence-corrected chi connectivity index (χ3v) is 6.98. The van der Waals surface area contributed by atoms with E-state index in [4.69, 9.17) is 4.74 Å². The normalized spacial score (nSPS) is 14.0. The minimum absolute atomic E-state index is 0.00889. The lowest BCUT2D eigenvalue weighted by atomic mass is 10.1. The minimum Gasteiger partial charge on any atom is -0.383 e. The lowest BCUT2D eigenvalue weighted by Gasteiger charge is -2.25. The number of methoxy groups -OCH3 is 1. The molecule has 1 fully saturated rings. The van der Waals surface area contributed by atoms with Gasteiger partial charge in [-0.3, -0.25) is 4.79 Å². The van der Waals surface area contributed by atoms with Crippen molar-refractivity contribution in [1.82, 2.24) is 4.31 Å². The van der Waals surface area contributed by atoms with Crippen molar-refractivity contribution in [1.29, 1.82) is 0 Å². The average molecular weight is 450 g/mol. The molecule has 0 unspecified atom stereocenters. The third kappa shape index (κ3) is 5.81. The van der Waals surface area contributed by atoms with Crippen molar-refractivity contribution in [2.75, 3.05) is 44.6 Å². The number of carbonyl (C=O) groups excluding carboxylic acids is 1. The van der Waals surface area contributed by atoms with E-state index in [1.54, 1.807) is 6.07 Å². The van der Waals surface area contributed by atoms with Gasteiger partial charge in [0, 0.05) is 51.6 Å². The van der Waals surface area contributed by atoms with E-state index in [1.165, 1.54) is 23.5 Å². The van der Waals surface area contributed by atoms with Crippen molar-refractivity contribution < 1.29 is 22.3 Å². The Morgan fingerprint density at radius 2 is 1.84 bits per heavy atom. The van der Waals surface area contributed by atoms with Gasteiger partial charge in [0.2, 0.25) is 15.9 Å². The third-order valence-electron chi connectivity index (χ3n) is 5.12. The van der Waals surface area contributed by atoms with Crippen LogP contribution < -0.4 is 10.2 Å². The van der Waals surface area contributed by atoms with E-state index in [-0.39, 0.29) is 36.4 Å². The maximum Gasteiger partial charge on any atom is 0.243 e. The molecule has 0 spiro atoms. The lowest BCUT2D eigenvalue weighted by Crippen LogP contribution is -2.34. The minimum atomic E-state index is -3.89. The summed E-state index contributed by atoms with van der Waals surface area (Å²) < 4.78 is 46.2. The Balaban J connectivity index is 1.93. The van der Waals surface area contributed by atoms with Crippen LogP contribution in [0.2, 0.25) is 0 Å². The summed E-state index contributed by atoms with van der Waals surface area (Å²) in [5.74, 6) is -0.454. The molecule has 0 aromatic heterocycles. The summed E-state index contributed by atoms with van der Waals surface area (Å²) in [6.45, 7) is 0.404. The quantitative estimate of drug-likeness (QED) is 0.603. The van der Waals surface area contributed by atoms with E-state index in [1.807, 2.05) is 31.1 Å². The van der Waals surface area contributed by atoms with E-state index in [0.29, 0.717) is 5.69 Å². The van der Waals surface area contributed by atoms with Gasteiger partial charge in [0.05, 0.1) is 11.5 Å². The molecule has 2 aromatic rings. The molecule has 1 amide bonds. The monoisotopic (exact) mass is 449 g/mol. The highest BCUT2D eigenvalue weighted by Gasteiger charge is 2.30. The summed E-state index contributed by atoms with van der Waals surface area (Å²) in [6.07, 6.45) is 1.80. The molecule has 3 rings (SSSR count). The van der Waals surface area contributed by atoms with Crippen molar-refractivity contribution in [2.24, 2.45) is 5.92 Å². The Kier molecular flexibility index (Phi) is 7.30. The number of anilines is 2. The van der Waals surface area contributed by atoms with Crippen LogP contribution in [0.3, 0.4) is 0 Å². The Hall–Kier alpha value is -2.49. The van der Waals surface area contributed by atoms with Crippen molar-refractivity contribution in [2.45, 2.75) is 24.3 Å². The molecule has 7 nitrogen and oxygen atoms in total. The van der Waals surface area contributed by atoms with Gasteiger partial charge >= 0.3 is 0 Å². The van der Waals surface area contributed by atoms with Crippen LogP contribution in [-0.4, -0.2) is 53.0 Å². The number of rotatable bonds is 10. The van der Waals surface area contributed by atoms with Crippen LogP contribution in [0.15, 0.2) is 47.4 Å². The van der Waals surface area contributed by atoms with Crippen LogP contribution in [0.5, 0.6) is 0 Å². The molecule has 9 heteroatoms. The highest BCUT2D eigenvalue weighted by Crippen LogP contribution is 2.31. The second-order valence-corrected chi connectivity index (χ2v) is 9.72. The van der Waals surface area contributed by atoms with Gasteiger partial charge < -0.3 is 15.0 Å². The summed E-state index contributed by atoms with van der Waals surface area (Å²) in [5.41, 5.74) is 2.20. The van der Waals surface area contributed by atoms with Crippen LogP contribution in [0.4, 0.5) is 15.8 Å². The molecule has 0 atom stereocenters. The number of nitrogens with one attached hydrogen (secondary N) is 1. The molecule has 0 saturated heterocycles. The molecule has 0 aliphatic heterocycles. The van der Waals surface area contributed by atoms with E-state index in [9.17, 15) is 17.6 Å². The van der Waals surface area contributed by atoms with Gasteiger partial charge in [0.25, 0.3) is 0 Å². The summed E-state index contributed by atoms with van der Waals surface area (Å²) in [4.78, 5) is 14.1. The van der Waals surface area contributed by atoms with Crippen LogP contribution >= 0.6 is 0 Å². The molecule has 168 valence electrons. The van der Waals surface area contributed by atoms with Crippen molar-refractivity contribution in [3.8, 4) is 0 Å². The van der Waals surface area contributed by atoms with Gasteiger partial charge in [-0.05, 0) is 60.9 Å². The smallest absolute Gasteiger partial charge is 0.243 e. The number of benzene rings is 2. The van der Waals surface area contributed by atoms with Gasteiger partial charge in [-0.1, -0.05) is 0 Å². The first-order chi connectivity index (χ1) is 14.7. The second kappa shape index (κ2) is 9.76. The van der Waals surface area contributed by atoms with Gasteiger partial charge in [-0.25, -0.2) is 12.8 Å². The zero-order valence-corrected chi connectivity index (χ0v) is 18.8. The number of nitrogens with zero attached hydrogens (tertiary/aromatic N) is 2. The highest BCUT2D eigenvalue weighted by molar-refractivity contribution is 7.89. The van der Waals surface area contributed by atoms with Crippen molar-refractivity contribution in [3.05, 3.63) is 53.8 Å². The summed E-state index contributed by atoms with van der Waals surface area (Å²) in [5, 5.41) is 2.91. The first-order valence-corrected chi connectivity index (χ1v) is 11.5. The van der Waals surface area contributed by atoms with Crippen molar-refractivity contribution >= 4 is 27.3 Å². The molecule has 0 radical (unpaired) electrons. The van der Waals surface area contributed by atoms with Crippen LogP contribution in [0.1, 0.15) is 18.4 Å². The standard InChI is InChI=1S/C22H28FN3O4S/c1-25(2)21-11-8-19(24-22(27)16-4-5-16)14-17(21)15-26(12-13-30-3)31(28,29)20-9-6-18(23)7-10-20/h6-11,14,16H,4-5,12-13,15H2,1-3H3,(H,24,27). The Morgan fingerprint density at radius 3 is 2.42 bits per heavy atom. The zero-order valence-electron chi connectivity index (χ0n) is 18.0. The maximum atomic E-state index is 13.3. The van der Waals surface area contributed by atoms with Crippen LogP contribution in [-0.2, 0) is 26.1 Å². The fourth-order valence-corrected chi connectivity index (χ4v) is 4.64. The predicted molar refractivity (Wildman–Crippen MR) is 118 cm³/mol. The number of ether oxygens (including phenoxy) is 1.